The minimum absolute atomic E-state index is 0.169. The largest absolute Gasteiger partial charge is 0.305 e. The maximum Gasteiger partial charge on any atom is 0.0839 e. The van der Waals surface area contributed by atoms with Crippen molar-refractivity contribution in [2.75, 3.05) is 6.54 Å². The highest BCUT2D eigenvalue weighted by Crippen LogP contribution is 2.32. The topological polar surface area (TPSA) is 29.9 Å². The highest BCUT2D eigenvalue weighted by Gasteiger charge is 2.18. The highest BCUT2D eigenvalue weighted by molar-refractivity contribution is 7.17. The van der Waals surface area contributed by atoms with Crippen molar-refractivity contribution in [3.63, 3.8) is 0 Å². The summed E-state index contributed by atoms with van der Waals surface area (Å²) in [6.07, 6.45) is 1.99. The van der Waals surface area contributed by atoms with Crippen LogP contribution in [0.15, 0.2) is 41.9 Å². The summed E-state index contributed by atoms with van der Waals surface area (Å²) in [5, 5.41) is 11.7. The zero-order valence-corrected chi connectivity index (χ0v) is 11.9. The van der Waals surface area contributed by atoms with Gasteiger partial charge in [-0.05, 0) is 35.0 Å². The summed E-state index contributed by atoms with van der Waals surface area (Å²) in [7, 11) is 1.96. The summed E-state index contributed by atoms with van der Waals surface area (Å²) in [4.78, 5) is 0. The van der Waals surface area contributed by atoms with E-state index in [9.17, 15) is 0 Å². The zero-order valence-electron chi connectivity index (χ0n) is 11.1. The molecular weight excluding hydrogens is 254 g/mol. The predicted octanol–water partition coefficient (Wildman–Crippen LogP) is 3.33. The molecule has 19 heavy (non-hydrogen) atoms. The first-order valence-corrected chi connectivity index (χ1v) is 7.36. The monoisotopic (exact) mass is 271 g/mol. The Bertz CT molecular complexity index is 683. The Labute approximate surface area is 116 Å². The van der Waals surface area contributed by atoms with Gasteiger partial charge >= 0.3 is 0 Å². The van der Waals surface area contributed by atoms with Crippen LogP contribution in [-0.4, -0.2) is 16.3 Å². The normalized spacial score (nSPS) is 12.9. The molecule has 0 saturated carbocycles. The fraction of sp³-hybridized carbons (Fsp3) is 0.267. The van der Waals surface area contributed by atoms with Gasteiger partial charge in [0, 0.05) is 17.9 Å². The van der Waals surface area contributed by atoms with Gasteiger partial charge in [0.1, 0.15) is 0 Å². The lowest BCUT2D eigenvalue weighted by atomic mass is 10.0. The number of fused-ring (bicyclic) bond motifs is 1. The molecule has 0 fully saturated rings. The van der Waals surface area contributed by atoms with Crippen LogP contribution in [0, 0.1) is 0 Å². The first-order valence-electron chi connectivity index (χ1n) is 6.48. The van der Waals surface area contributed by atoms with E-state index in [1.807, 2.05) is 17.9 Å². The van der Waals surface area contributed by atoms with Crippen LogP contribution in [0.5, 0.6) is 0 Å². The van der Waals surface area contributed by atoms with Crippen LogP contribution < -0.4 is 5.32 Å². The molecule has 0 aliphatic carbocycles. The molecule has 1 unspecified atom stereocenters. The molecule has 0 amide bonds. The van der Waals surface area contributed by atoms with Crippen LogP contribution >= 0.6 is 11.3 Å². The van der Waals surface area contributed by atoms with Crippen LogP contribution in [0.2, 0.25) is 0 Å². The molecule has 3 aromatic rings. The van der Waals surface area contributed by atoms with Gasteiger partial charge in [-0.15, -0.1) is 11.3 Å². The molecule has 0 bridgehead atoms. The second-order valence-corrected chi connectivity index (χ2v) is 5.50. The van der Waals surface area contributed by atoms with Gasteiger partial charge in [0.05, 0.1) is 11.7 Å². The predicted molar refractivity (Wildman–Crippen MR) is 80.6 cm³/mol. The summed E-state index contributed by atoms with van der Waals surface area (Å²) >= 11 is 1.80. The Hall–Kier alpha value is -1.65. The molecule has 4 heteroatoms. The lowest BCUT2D eigenvalue weighted by molar-refractivity contribution is 0.604. The summed E-state index contributed by atoms with van der Waals surface area (Å²) in [6.45, 7) is 3.05. The standard InChI is InChI=1S/C15H17N3S/c1-3-16-15(13-8-9-18(2)17-13)12-10-19-14-7-5-4-6-11(12)14/h4-10,15-16H,3H2,1-2H3. The van der Waals surface area contributed by atoms with Gasteiger partial charge in [-0.1, -0.05) is 25.1 Å². The number of hydrogen-bond donors (Lipinski definition) is 1. The van der Waals surface area contributed by atoms with E-state index in [4.69, 9.17) is 0 Å². The van der Waals surface area contributed by atoms with Crippen LogP contribution in [0.4, 0.5) is 0 Å². The molecule has 1 atom stereocenters. The van der Waals surface area contributed by atoms with Gasteiger partial charge < -0.3 is 5.32 Å². The number of nitrogens with one attached hydrogen (secondary N) is 1. The quantitative estimate of drug-likeness (QED) is 0.789. The fourth-order valence-corrected chi connectivity index (χ4v) is 3.37. The SMILES string of the molecule is CCNC(c1ccn(C)n1)c1csc2ccccc12. The number of aromatic nitrogens is 2. The minimum atomic E-state index is 0.169. The van der Waals surface area contributed by atoms with Gasteiger partial charge in [-0.25, -0.2) is 0 Å². The first-order chi connectivity index (χ1) is 9.29. The van der Waals surface area contributed by atoms with Crippen LogP contribution in [0.25, 0.3) is 10.1 Å². The van der Waals surface area contributed by atoms with Gasteiger partial charge in [0.25, 0.3) is 0 Å². The molecule has 98 valence electrons. The van der Waals surface area contributed by atoms with E-state index >= 15 is 0 Å². The Morgan fingerprint density at radius 1 is 1.32 bits per heavy atom. The fourth-order valence-electron chi connectivity index (χ4n) is 2.39. The van der Waals surface area contributed by atoms with Crippen molar-refractivity contribution in [3.05, 3.63) is 53.2 Å². The molecule has 1 N–H and O–H groups in total. The van der Waals surface area contributed by atoms with Gasteiger partial charge in [0.2, 0.25) is 0 Å². The molecule has 0 aliphatic heterocycles. The molecular formula is C15H17N3S. The average molecular weight is 271 g/mol. The summed E-state index contributed by atoms with van der Waals surface area (Å²) in [5.41, 5.74) is 2.40. The van der Waals surface area contributed by atoms with E-state index in [1.165, 1.54) is 15.6 Å². The smallest absolute Gasteiger partial charge is 0.0839 e. The third-order valence-corrected chi connectivity index (χ3v) is 4.24. The van der Waals surface area contributed by atoms with E-state index < -0.39 is 0 Å². The number of hydrogen-bond acceptors (Lipinski definition) is 3. The molecule has 1 aromatic carbocycles. The van der Waals surface area contributed by atoms with Crippen LogP contribution in [-0.2, 0) is 7.05 Å². The van der Waals surface area contributed by atoms with Crippen molar-refractivity contribution < 1.29 is 0 Å². The van der Waals surface area contributed by atoms with E-state index in [0.717, 1.165) is 12.2 Å². The van der Waals surface area contributed by atoms with Crippen molar-refractivity contribution in [1.82, 2.24) is 15.1 Å². The van der Waals surface area contributed by atoms with Crippen LogP contribution in [0.1, 0.15) is 24.2 Å². The molecule has 2 aromatic heterocycles. The minimum Gasteiger partial charge on any atom is -0.305 e. The molecule has 3 nitrogen and oxygen atoms in total. The van der Waals surface area contributed by atoms with E-state index in [-0.39, 0.29) is 6.04 Å². The Kier molecular flexibility index (Phi) is 3.36. The van der Waals surface area contributed by atoms with Gasteiger partial charge in [0.15, 0.2) is 0 Å². The molecule has 3 rings (SSSR count). The van der Waals surface area contributed by atoms with E-state index in [0.29, 0.717) is 0 Å². The third-order valence-electron chi connectivity index (χ3n) is 3.26. The number of rotatable bonds is 4. The number of thiophene rings is 1. The summed E-state index contributed by atoms with van der Waals surface area (Å²) < 4.78 is 3.19. The number of benzene rings is 1. The van der Waals surface area contributed by atoms with Gasteiger partial charge in [-0.3, -0.25) is 4.68 Å². The first kappa shape index (κ1) is 12.4. The molecule has 2 heterocycles. The zero-order chi connectivity index (χ0) is 13.2. The van der Waals surface area contributed by atoms with E-state index in [2.05, 4.69) is 53.1 Å². The Morgan fingerprint density at radius 3 is 2.89 bits per heavy atom. The van der Waals surface area contributed by atoms with Crippen molar-refractivity contribution in [2.45, 2.75) is 13.0 Å². The molecule has 0 aliphatic rings. The molecule has 0 saturated heterocycles. The maximum atomic E-state index is 4.55. The third kappa shape index (κ3) is 2.29. The Balaban J connectivity index is 2.09. The molecule has 0 radical (unpaired) electrons. The van der Waals surface area contributed by atoms with Gasteiger partial charge in [-0.2, -0.15) is 5.10 Å². The second kappa shape index (κ2) is 5.15. The lowest BCUT2D eigenvalue weighted by Gasteiger charge is -2.15. The van der Waals surface area contributed by atoms with Crippen molar-refractivity contribution in [2.24, 2.45) is 7.05 Å². The summed E-state index contributed by atoms with van der Waals surface area (Å²) in [5.74, 6) is 0. The van der Waals surface area contributed by atoms with Crippen molar-refractivity contribution in [1.29, 1.82) is 0 Å². The van der Waals surface area contributed by atoms with Crippen molar-refractivity contribution >= 4 is 21.4 Å². The number of aryl methyl sites for hydroxylation is 1. The molecule has 0 spiro atoms. The lowest BCUT2D eigenvalue weighted by Crippen LogP contribution is -2.22. The second-order valence-electron chi connectivity index (χ2n) is 4.59. The summed E-state index contributed by atoms with van der Waals surface area (Å²) in [6, 6.07) is 10.8. The van der Waals surface area contributed by atoms with Crippen LogP contribution in [0.3, 0.4) is 0 Å². The highest BCUT2D eigenvalue weighted by atomic mass is 32.1. The Morgan fingerprint density at radius 2 is 2.16 bits per heavy atom. The van der Waals surface area contributed by atoms with E-state index in [1.54, 1.807) is 11.3 Å². The average Bonchev–Trinajstić information content (AvgIpc) is 3.03. The van der Waals surface area contributed by atoms with Crippen molar-refractivity contribution in [3.8, 4) is 0 Å². The number of nitrogens with zero attached hydrogens (tertiary/aromatic N) is 2. The maximum absolute atomic E-state index is 4.55.